The van der Waals surface area contributed by atoms with Gasteiger partial charge in [-0.25, -0.2) is 0 Å². The number of hydrogen-bond donors (Lipinski definition) is 2. The van der Waals surface area contributed by atoms with Crippen LogP contribution in [0.4, 0.5) is 0 Å². The van der Waals surface area contributed by atoms with Crippen LogP contribution in [0.15, 0.2) is 0 Å². The molecule has 0 saturated carbocycles. The molecule has 1 fully saturated rings. The van der Waals surface area contributed by atoms with Gasteiger partial charge in [-0.2, -0.15) is 0 Å². The fourth-order valence-electron chi connectivity index (χ4n) is 0.415. The van der Waals surface area contributed by atoms with Gasteiger partial charge in [0.2, 0.25) is 0 Å². The van der Waals surface area contributed by atoms with Gasteiger partial charge in [0.05, 0.1) is 0 Å². The summed E-state index contributed by atoms with van der Waals surface area (Å²) in [5, 5.41) is 6.67. The molecule has 0 aromatic heterocycles. The third kappa shape index (κ3) is 0.597. The van der Waals surface area contributed by atoms with Crippen LogP contribution in [0.3, 0.4) is 0 Å². The molecule has 0 radical (unpaired) electrons. The second-order valence-electron chi connectivity index (χ2n) is 1.18. The van der Waals surface area contributed by atoms with E-state index in [0.29, 0.717) is 0 Å². The van der Waals surface area contributed by atoms with Crippen molar-refractivity contribution in [2.45, 2.75) is 0 Å². The summed E-state index contributed by atoms with van der Waals surface area (Å²) in [4.78, 5) is 0. The molecule has 0 spiro atoms. The van der Waals surface area contributed by atoms with Crippen molar-refractivity contribution >= 4 is 17.3 Å². The summed E-state index contributed by atoms with van der Waals surface area (Å²) in [6.07, 6.45) is 0. The highest BCUT2D eigenvalue weighted by Gasteiger charge is 1.98. The van der Waals surface area contributed by atoms with E-state index in [-0.39, 0.29) is 2.85 Å². The molecule has 1 aliphatic heterocycles. The minimum absolute atomic E-state index is 0. The number of rotatable bonds is 0. The molecule has 2 nitrogen and oxygen atoms in total. The van der Waals surface area contributed by atoms with Gasteiger partial charge in [0.15, 0.2) is 5.11 Å². The smallest absolute Gasteiger partial charge is 0.166 e. The summed E-state index contributed by atoms with van der Waals surface area (Å²) >= 11 is 4.70. The van der Waals surface area contributed by atoms with Gasteiger partial charge < -0.3 is 10.6 Å². The van der Waals surface area contributed by atoms with Crippen molar-refractivity contribution in [3.63, 3.8) is 0 Å². The van der Waals surface area contributed by atoms with Gasteiger partial charge in [-0.05, 0) is 12.2 Å². The molecule has 38 valence electrons. The van der Waals surface area contributed by atoms with Gasteiger partial charge in [-0.1, -0.05) is 0 Å². The van der Waals surface area contributed by atoms with Crippen LogP contribution in [0, 0.1) is 0 Å². The van der Waals surface area contributed by atoms with Gasteiger partial charge >= 0.3 is 0 Å². The maximum atomic E-state index is 4.70. The van der Waals surface area contributed by atoms with Crippen LogP contribution >= 0.6 is 12.2 Å². The van der Waals surface area contributed by atoms with Gasteiger partial charge in [0.1, 0.15) is 0 Å². The normalized spacial score (nSPS) is 19.7. The lowest BCUT2D eigenvalue weighted by Crippen LogP contribution is -2.19. The standard InChI is InChI=1S/C3H6N2S.2H2/c6-3-4-1-2-5-3;;/h1-2H2,(H2,4,5,6);2*1H. The van der Waals surface area contributed by atoms with E-state index in [1.165, 1.54) is 0 Å². The molecule has 0 amide bonds. The van der Waals surface area contributed by atoms with Crippen molar-refractivity contribution in [2.24, 2.45) is 0 Å². The predicted octanol–water partition coefficient (Wildman–Crippen LogP) is -0.0439. The Hall–Kier alpha value is -0.310. The molecule has 3 heteroatoms. The maximum Gasteiger partial charge on any atom is 0.166 e. The van der Waals surface area contributed by atoms with Crippen LogP contribution in [0.2, 0.25) is 0 Å². The largest absolute Gasteiger partial charge is 0.361 e. The molecule has 0 unspecified atom stereocenters. The Morgan fingerprint density at radius 1 is 1.50 bits per heavy atom. The monoisotopic (exact) mass is 106 g/mol. The van der Waals surface area contributed by atoms with Gasteiger partial charge in [0, 0.05) is 15.9 Å². The van der Waals surface area contributed by atoms with E-state index in [1.807, 2.05) is 0 Å². The van der Waals surface area contributed by atoms with Gasteiger partial charge in [-0.15, -0.1) is 0 Å². The van der Waals surface area contributed by atoms with Crippen molar-refractivity contribution in [3.8, 4) is 0 Å². The lowest BCUT2D eigenvalue weighted by atomic mass is 10.7. The van der Waals surface area contributed by atoms with Crippen LogP contribution in [-0.4, -0.2) is 18.2 Å². The minimum atomic E-state index is 0. The van der Waals surface area contributed by atoms with E-state index in [4.69, 9.17) is 12.2 Å². The molecule has 1 aliphatic rings. The van der Waals surface area contributed by atoms with E-state index >= 15 is 0 Å². The van der Waals surface area contributed by atoms with Gasteiger partial charge in [-0.3, -0.25) is 0 Å². The van der Waals surface area contributed by atoms with Crippen LogP contribution in [0.25, 0.3) is 0 Å². The Kier molecular flexibility index (Phi) is 0.919. The second-order valence-corrected chi connectivity index (χ2v) is 1.59. The molecule has 0 aromatic rings. The highest BCUT2D eigenvalue weighted by Crippen LogP contribution is 1.71. The van der Waals surface area contributed by atoms with Crippen molar-refractivity contribution in [1.29, 1.82) is 0 Å². The van der Waals surface area contributed by atoms with Crippen molar-refractivity contribution in [3.05, 3.63) is 0 Å². The fraction of sp³-hybridized carbons (Fsp3) is 0.667. The zero-order valence-corrected chi connectivity index (χ0v) is 4.14. The number of nitrogens with one attached hydrogen (secondary N) is 2. The van der Waals surface area contributed by atoms with E-state index < -0.39 is 0 Å². The average molecular weight is 106 g/mol. The molecule has 0 aliphatic carbocycles. The van der Waals surface area contributed by atoms with E-state index in [9.17, 15) is 0 Å². The molecule has 0 atom stereocenters. The van der Waals surface area contributed by atoms with Crippen LogP contribution in [-0.2, 0) is 0 Å². The number of hydrogen-bond acceptors (Lipinski definition) is 1. The molecular formula is C3H10N2S. The first-order valence-corrected chi connectivity index (χ1v) is 2.32. The maximum absolute atomic E-state index is 4.70. The quantitative estimate of drug-likeness (QED) is 0.424. The third-order valence-corrected chi connectivity index (χ3v) is 0.985. The minimum Gasteiger partial charge on any atom is -0.361 e. The van der Waals surface area contributed by atoms with Crippen molar-refractivity contribution in [2.75, 3.05) is 13.1 Å². The first kappa shape index (κ1) is 3.87. The molecule has 0 aromatic carbocycles. The molecule has 1 heterocycles. The molecule has 1 saturated heterocycles. The first-order chi connectivity index (χ1) is 2.89. The zero-order chi connectivity index (χ0) is 4.41. The number of thiocarbonyl (C=S) groups is 1. The van der Waals surface area contributed by atoms with Crippen molar-refractivity contribution in [1.82, 2.24) is 10.6 Å². The molecule has 6 heavy (non-hydrogen) atoms. The Morgan fingerprint density at radius 2 is 2.00 bits per heavy atom. The third-order valence-electron chi connectivity index (χ3n) is 0.696. The lowest BCUT2D eigenvalue weighted by molar-refractivity contribution is 0.942. The Morgan fingerprint density at radius 3 is 2.17 bits per heavy atom. The summed E-state index contributed by atoms with van der Waals surface area (Å²) in [6, 6.07) is 0. The summed E-state index contributed by atoms with van der Waals surface area (Å²) in [7, 11) is 0. The molecule has 2 N–H and O–H groups in total. The Balaban J connectivity index is 0. The summed E-state index contributed by atoms with van der Waals surface area (Å²) in [5.41, 5.74) is 0. The average Bonchev–Trinajstić information content (AvgIpc) is 1.86. The topological polar surface area (TPSA) is 24.1 Å². The van der Waals surface area contributed by atoms with Crippen molar-refractivity contribution < 1.29 is 2.85 Å². The molecular weight excluding hydrogens is 96.1 g/mol. The van der Waals surface area contributed by atoms with E-state index in [0.717, 1.165) is 18.2 Å². The van der Waals surface area contributed by atoms with Gasteiger partial charge in [0.25, 0.3) is 0 Å². The highest BCUT2D eigenvalue weighted by molar-refractivity contribution is 7.80. The van der Waals surface area contributed by atoms with E-state index in [1.54, 1.807) is 0 Å². The van der Waals surface area contributed by atoms with E-state index in [2.05, 4.69) is 10.6 Å². The molecule has 1 rings (SSSR count). The predicted molar refractivity (Wildman–Crippen MR) is 32.8 cm³/mol. The Bertz CT molecular complexity index is 69.7. The fourth-order valence-corrected chi connectivity index (χ4v) is 0.619. The SMILES string of the molecule is S=C1NCCN1.[HH].[HH]. The molecule has 0 bridgehead atoms. The summed E-state index contributed by atoms with van der Waals surface area (Å²) in [6.45, 7) is 1.97. The summed E-state index contributed by atoms with van der Waals surface area (Å²) in [5.74, 6) is 0. The summed E-state index contributed by atoms with van der Waals surface area (Å²) < 4.78 is 0. The van der Waals surface area contributed by atoms with Crippen LogP contribution < -0.4 is 10.6 Å². The highest BCUT2D eigenvalue weighted by atomic mass is 32.1. The lowest BCUT2D eigenvalue weighted by Gasteiger charge is -1.85. The Labute approximate surface area is 44.9 Å². The first-order valence-electron chi connectivity index (χ1n) is 1.91. The zero-order valence-electron chi connectivity index (χ0n) is 3.32. The van der Waals surface area contributed by atoms with Crippen LogP contribution in [0.1, 0.15) is 2.85 Å². The van der Waals surface area contributed by atoms with Crippen LogP contribution in [0.5, 0.6) is 0 Å². The second kappa shape index (κ2) is 1.43.